The van der Waals surface area contributed by atoms with Crippen LogP contribution in [0, 0.1) is 13.8 Å². The number of hydrogen-bond acceptors (Lipinski definition) is 5. The van der Waals surface area contributed by atoms with Gasteiger partial charge in [0.05, 0.1) is 14.2 Å². The summed E-state index contributed by atoms with van der Waals surface area (Å²) < 4.78 is 15.7. The monoisotopic (exact) mass is 385 g/mol. The van der Waals surface area contributed by atoms with Gasteiger partial charge in [-0.25, -0.2) is 0 Å². The molecule has 0 fully saturated rings. The molecule has 0 unspecified atom stereocenters. The SMILES string of the molecule is COc1ccc(CCC(=O)O[C@H](C)C(=O)Nc2c(C)cccc2C)cc1OC. The lowest BCUT2D eigenvalue weighted by Crippen LogP contribution is -2.30. The molecule has 150 valence electrons. The molecule has 0 spiro atoms. The van der Waals surface area contributed by atoms with Crippen LogP contribution in [0.25, 0.3) is 0 Å². The summed E-state index contributed by atoms with van der Waals surface area (Å²) in [5.74, 6) is 0.455. The second kappa shape index (κ2) is 9.78. The highest BCUT2D eigenvalue weighted by atomic mass is 16.5. The van der Waals surface area contributed by atoms with Gasteiger partial charge in [0.25, 0.3) is 5.91 Å². The quantitative estimate of drug-likeness (QED) is 0.699. The Morgan fingerprint density at radius 2 is 1.64 bits per heavy atom. The van der Waals surface area contributed by atoms with E-state index < -0.39 is 12.1 Å². The number of methoxy groups -OCH3 is 2. The standard InChI is InChI=1S/C22H27NO5/c1-14-7-6-8-15(2)21(14)23-22(25)16(3)28-20(24)12-10-17-9-11-18(26-4)19(13-17)27-5/h6-9,11,13,16H,10,12H2,1-5H3,(H,23,25)/t16-/m1/s1. The summed E-state index contributed by atoms with van der Waals surface area (Å²) in [5, 5.41) is 2.84. The first kappa shape index (κ1) is 21.3. The van der Waals surface area contributed by atoms with Crippen molar-refractivity contribution in [2.75, 3.05) is 19.5 Å². The Balaban J connectivity index is 1.89. The number of anilines is 1. The molecule has 2 aromatic rings. The number of carbonyl (C=O) groups excluding carboxylic acids is 2. The summed E-state index contributed by atoms with van der Waals surface area (Å²) >= 11 is 0. The van der Waals surface area contributed by atoms with E-state index in [1.807, 2.05) is 44.2 Å². The molecule has 0 saturated heterocycles. The van der Waals surface area contributed by atoms with Gasteiger partial charge in [-0.2, -0.15) is 0 Å². The van der Waals surface area contributed by atoms with Crippen molar-refractivity contribution in [3.63, 3.8) is 0 Å². The summed E-state index contributed by atoms with van der Waals surface area (Å²) in [6.07, 6.45) is -0.238. The fourth-order valence-corrected chi connectivity index (χ4v) is 2.83. The first-order valence-corrected chi connectivity index (χ1v) is 9.13. The zero-order chi connectivity index (χ0) is 20.7. The first-order chi connectivity index (χ1) is 13.3. The molecular formula is C22H27NO5. The Kier molecular flexibility index (Phi) is 7.44. The zero-order valence-electron chi connectivity index (χ0n) is 17.0. The highest BCUT2D eigenvalue weighted by Gasteiger charge is 2.19. The normalized spacial score (nSPS) is 11.5. The molecule has 0 radical (unpaired) electrons. The summed E-state index contributed by atoms with van der Waals surface area (Å²) in [5.41, 5.74) is 3.59. The average molecular weight is 385 g/mol. The summed E-state index contributed by atoms with van der Waals surface area (Å²) in [7, 11) is 3.13. The molecule has 28 heavy (non-hydrogen) atoms. The number of amides is 1. The molecule has 2 aromatic carbocycles. The molecule has 6 heteroatoms. The molecule has 0 aliphatic carbocycles. The van der Waals surface area contributed by atoms with Gasteiger partial charge in [0.15, 0.2) is 17.6 Å². The fourth-order valence-electron chi connectivity index (χ4n) is 2.83. The molecule has 0 heterocycles. The fraction of sp³-hybridized carbons (Fsp3) is 0.364. The minimum absolute atomic E-state index is 0.163. The smallest absolute Gasteiger partial charge is 0.306 e. The van der Waals surface area contributed by atoms with Gasteiger partial charge in [0.2, 0.25) is 0 Å². The molecular weight excluding hydrogens is 358 g/mol. The maximum atomic E-state index is 12.4. The van der Waals surface area contributed by atoms with Crippen LogP contribution in [0.3, 0.4) is 0 Å². The lowest BCUT2D eigenvalue weighted by molar-refractivity contribution is -0.153. The maximum Gasteiger partial charge on any atom is 0.306 e. The number of benzene rings is 2. The predicted molar refractivity (Wildman–Crippen MR) is 108 cm³/mol. The van der Waals surface area contributed by atoms with Crippen molar-refractivity contribution in [2.24, 2.45) is 0 Å². The Morgan fingerprint density at radius 1 is 1.00 bits per heavy atom. The third-order valence-corrected chi connectivity index (χ3v) is 4.47. The Hall–Kier alpha value is -3.02. The van der Waals surface area contributed by atoms with Crippen molar-refractivity contribution < 1.29 is 23.8 Å². The van der Waals surface area contributed by atoms with E-state index in [9.17, 15) is 9.59 Å². The highest BCUT2D eigenvalue weighted by molar-refractivity contribution is 5.96. The van der Waals surface area contributed by atoms with Gasteiger partial charge in [0, 0.05) is 12.1 Å². The second-order valence-electron chi connectivity index (χ2n) is 6.58. The number of para-hydroxylation sites is 1. The van der Waals surface area contributed by atoms with Crippen molar-refractivity contribution in [1.29, 1.82) is 0 Å². The highest BCUT2D eigenvalue weighted by Crippen LogP contribution is 2.28. The van der Waals surface area contributed by atoms with Crippen LogP contribution in [-0.2, 0) is 20.7 Å². The number of esters is 1. The summed E-state index contributed by atoms with van der Waals surface area (Å²) in [6.45, 7) is 5.40. The van der Waals surface area contributed by atoms with Crippen molar-refractivity contribution in [2.45, 2.75) is 39.7 Å². The number of carbonyl (C=O) groups is 2. The number of ether oxygens (including phenoxy) is 3. The zero-order valence-corrected chi connectivity index (χ0v) is 17.0. The molecule has 2 rings (SSSR count). The Labute approximate surface area is 165 Å². The van der Waals surface area contributed by atoms with Crippen LogP contribution in [0.5, 0.6) is 11.5 Å². The van der Waals surface area contributed by atoms with Crippen LogP contribution in [0.4, 0.5) is 5.69 Å². The lowest BCUT2D eigenvalue weighted by Gasteiger charge is -2.16. The average Bonchev–Trinajstić information content (AvgIpc) is 2.68. The molecule has 1 atom stereocenters. The van der Waals surface area contributed by atoms with Gasteiger partial charge in [0.1, 0.15) is 0 Å². The van der Waals surface area contributed by atoms with Crippen molar-refractivity contribution in [1.82, 2.24) is 0 Å². The minimum atomic E-state index is -0.878. The molecule has 0 aliphatic rings. The van der Waals surface area contributed by atoms with Gasteiger partial charge >= 0.3 is 5.97 Å². The molecule has 6 nitrogen and oxygen atoms in total. The largest absolute Gasteiger partial charge is 0.493 e. The van der Waals surface area contributed by atoms with Crippen molar-refractivity contribution in [3.8, 4) is 11.5 Å². The molecule has 1 amide bonds. The maximum absolute atomic E-state index is 12.4. The minimum Gasteiger partial charge on any atom is -0.493 e. The van der Waals surface area contributed by atoms with E-state index in [2.05, 4.69) is 5.32 Å². The summed E-state index contributed by atoms with van der Waals surface area (Å²) in [6, 6.07) is 11.2. The van der Waals surface area contributed by atoms with Gasteiger partial charge in [-0.3, -0.25) is 9.59 Å². The molecule has 0 aliphatic heterocycles. The lowest BCUT2D eigenvalue weighted by atomic mass is 10.1. The van der Waals surface area contributed by atoms with E-state index in [0.717, 1.165) is 22.4 Å². The van der Waals surface area contributed by atoms with E-state index in [1.165, 1.54) is 0 Å². The molecule has 0 saturated carbocycles. The number of hydrogen-bond donors (Lipinski definition) is 1. The number of nitrogens with one attached hydrogen (secondary N) is 1. The number of rotatable bonds is 8. The van der Waals surface area contributed by atoms with Crippen LogP contribution >= 0.6 is 0 Å². The van der Waals surface area contributed by atoms with Crippen LogP contribution in [0.1, 0.15) is 30.0 Å². The Morgan fingerprint density at radius 3 is 2.25 bits per heavy atom. The van der Waals surface area contributed by atoms with Crippen LogP contribution in [0.2, 0.25) is 0 Å². The van der Waals surface area contributed by atoms with Crippen LogP contribution in [-0.4, -0.2) is 32.2 Å². The second-order valence-corrected chi connectivity index (χ2v) is 6.58. The van der Waals surface area contributed by atoms with E-state index in [0.29, 0.717) is 17.9 Å². The van der Waals surface area contributed by atoms with Gasteiger partial charge in [-0.1, -0.05) is 24.3 Å². The molecule has 0 bridgehead atoms. The summed E-state index contributed by atoms with van der Waals surface area (Å²) in [4.78, 5) is 24.5. The third kappa shape index (κ3) is 5.49. The predicted octanol–water partition coefficient (Wildman–Crippen LogP) is 3.82. The first-order valence-electron chi connectivity index (χ1n) is 9.13. The third-order valence-electron chi connectivity index (χ3n) is 4.47. The van der Waals surface area contributed by atoms with Crippen LogP contribution < -0.4 is 14.8 Å². The van der Waals surface area contributed by atoms with E-state index in [-0.39, 0.29) is 12.3 Å². The van der Waals surface area contributed by atoms with Crippen molar-refractivity contribution >= 4 is 17.6 Å². The topological polar surface area (TPSA) is 73.9 Å². The van der Waals surface area contributed by atoms with Crippen LogP contribution in [0.15, 0.2) is 36.4 Å². The van der Waals surface area contributed by atoms with Gasteiger partial charge < -0.3 is 19.5 Å². The molecule has 0 aromatic heterocycles. The number of aryl methyl sites for hydroxylation is 3. The molecule has 1 N–H and O–H groups in total. The van der Waals surface area contributed by atoms with E-state index in [1.54, 1.807) is 27.2 Å². The van der Waals surface area contributed by atoms with E-state index >= 15 is 0 Å². The van der Waals surface area contributed by atoms with E-state index in [4.69, 9.17) is 14.2 Å². The van der Waals surface area contributed by atoms with Gasteiger partial charge in [-0.15, -0.1) is 0 Å². The van der Waals surface area contributed by atoms with Crippen molar-refractivity contribution in [3.05, 3.63) is 53.1 Å². The Bertz CT molecular complexity index is 827. The van der Waals surface area contributed by atoms with Gasteiger partial charge in [-0.05, 0) is 56.0 Å².